The summed E-state index contributed by atoms with van der Waals surface area (Å²) in [5.41, 5.74) is 0.902. The molecule has 1 heterocycles. The molecule has 1 aliphatic carbocycles. The van der Waals surface area contributed by atoms with Gasteiger partial charge >= 0.3 is 0 Å². The molecule has 0 saturated heterocycles. The largest absolute Gasteiger partial charge is 0.475 e. The lowest BCUT2D eigenvalue weighted by Crippen LogP contribution is -2.26. The minimum Gasteiger partial charge on any atom is -0.475 e. The van der Waals surface area contributed by atoms with Crippen molar-refractivity contribution in [1.29, 1.82) is 0 Å². The molecule has 0 aromatic carbocycles. The molecule has 1 aromatic rings. The van der Waals surface area contributed by atoms with Gasteiger partial charge in [-0.2, -0.15) is 0 Å². The van der Waals surface area contributed by atoms with Crippen LogP contribution in [0.4, 0.5) is 0 Å². The Kier molecular flexibility index (Phi) is 4.48. The Balaban J connectivity index is 1.81. The van der Waals surface area contributed by atoms with Gasteiger partial charge in [-0.1, -0.05) is 11.6 Å². The van der Waals surface area contributed by atoms with Gasteiger partial charge in [-0.05, 0) is 31.5 Å². The molecule has 0 atom stereocenters. The smallest absolute Gasteiger partial charge is 0.232 e. The molecule has 17 heavy (non-hydrogen) atoms. The summed E-state index contributed by atoms with van der Waals surface area (Å²) in [4.78, 5) is 6.46. The maximum Gasteiger partial charge on any atom is 0.232 e. The molecule has 0 bridgehead atoms. The average molecular weight is 275 g/mol. The van der Waals surface area contributed by atoms with Crippen LogP contribution in [0.2, 0.25) is 5.02 Å². The first-order valence-corrected chi connectivity index (χ1v) is 6.65. The summed E-state index contributed by atoms with van der Waals surface area (Å²) in [6.07, 6.45) is 4.30. The normalized spacial score (nSPS) is 15.3. The van der Waals surface area contributed by atoms with Gasteiger partial charge in [-0.25, -0.2) is 4.98 Å². The summed E-state index contributed by atoms with van der Waals surface area (Å²) < 4.78 is 5.56. The van der Waals surface area contributed by atoms with Crippen LogP contribution in [0.5, 0.6) is 5.88 Å². The summed E-state index contributed by atoms with van der Waals surface area (Å²) in [7, 11) is 2.12. The molecule has 1 aromatic heterocycles. The van der Waals surface area contributed by atoms with Crippen LogP contribution in [0.3, 0.4) is 0 Å². The third-order valence-corrected chi connectivity index (χ3v) is 3.45. The lowest BCUT2D eigenvalue weighted by atomic mass is 10.3. The van der Waals surface area contributed by atoms with E-state index in [1.54, 1.807) is 12.3 Å². The van der Waals surface area contributed by atoms with Gasteiger partial charge in [-0.15, -0.1) is 11.6 Å². The molecule has 0 amide bonds. The van der Waals surface area contributed by atoms with Gasteiger partial charge in [0.2, 0.25) is 5.88 Å². The number of alkyl halides is 1. The maximum absolute atomic E-state index is 6.04. The van der Waals surface area contributed by atoms with Crippen LogP contribution in [0.25, 0.3) is 0 Å². The first-order chi connectivity index (χ1) is 8.20. The third kappa shape index (κ3) is 3.73. The number of hydrogen-bond acceptors (Lipinski definition) is 3. The van der Waals surface area contributed by atoms with Crippen LogP contribution in [0, 0.1) is 0 Å². The van der Waals surface area contributed by atoms with E-state index >= 15 is 0 Å². The Hall–Kier alpha value is -0.510. The van der Waals surface area contributed by atoms with Crippen LogP contribution in [0.15, 0.2) is 12.3 Å². The number of pyridine rings is 1. The van der Waals surface area contributed by atoms with E-state index in [1.165, 1.54) is 12.8 Å². The Morgan fingerprint density at radius 3 is 2.88 bits per heavy atom. The highest BCUT2D eigenvalue weighted by molar-refractivity contribution is 6.32. The number of halogens is 2. The van der Waals surface area contributed by atoms with Crippen molar-refractivity contribution < 1.29 is 4.74 Å². The van der Waals surface area contributed by atoms with Gasteiger partial charge in [0.25, 0.3) is 0 Å². The van der Waals surface area contributed by atoms with E-state index in [9.17, 15) is 0 Å². The molecule has 2 rings (SSSR count). The predicted octanol–water partition coefficient (Wildman–Crippen LogP) is 2.95. The zero-order valence-electron chi connectivity index (χ0n) is 9.83. The highest BCUT2D eigenvalue weighted by Gasteiger charge is 2.25. The Morgan fingerprint density at radius 2 is 2.29 bits per heavy atom. The number of likely N-dealkylation sites (N-methyl/N-ethyl adjacent to an activating group) is 1. The van der Waals surface area contributed by atoms with Crippen molar-refractivity contribution in [3.8, 4) is 5.88 Å². The topological polar surface area (TPSA) is 25.4 Å². The summed E-state index contributed by atoms with van der Waals surface area (Å²) in [5, 5.41) is 0.525. The molecular weight excluding hydrogens is 259 g/mol. The van der Waals surface area contributed by atoms with Crippen molar-refractivity contribution in [2.75, 3.05) is 20.2 Å². The highest BCUT2D eigenvalue weighted by Crippen LogP contribution is 2.25. The van der Waals surface area contributed by atoms with Crippen LogP contribution in [-0.4, -0.2) is 36.1 Å². The third-order valence-electron chi connectivity index (χ3n) is 2.87. The molecule has 0 spiro atoms. The van der Waals surface area contributed by atoms with E-state index in [0.717, 1.165) is 18.2 Å². The van der Waals surface area contributed by atoms with Crippen molar-refractivity contribution in [1.82, 2.24) is 9.88 Å². The number of ether oxygens (including phenoxy) is 1. The van der Waals surface area contributed by atoms with Crippen molar-refractivity contribution in [2.24, 2.45) is 0 Å². The van der Waals surface area contributed by atoms with Crippen molar-refractivity contribution >= 4 is 23.2 Å². The fourth-order valence-electron chi connectivity index (χ4n) is 1.63. The summed E-state index contributed by atoms with van der Waals surface area (Å²) in [6, 6.07) is 2.54. The fourth-order valence-corrected chi connectivity index (χ4v) is 2.02. The Labute approximate surface area is 112 Å². The first kappa shape index (κ1) is 12.9. The molecule has 94 valence electrons. The fraction of sp³-hybridized carbons (Fsp3) is 0.583. The van der Waals surface area contributed by atoms with Crippen LogP contribution in [-0.2, 0) is 5.88 Å². The molecule has 1 saturated carbocycles. The SMILES string of the molecule is CN(CCOc1ncc(CCl)cc1Cl)C1CC1. The number of hydrogen-bond donors (Lipinski definition) is 0. The van der Waals surface area contributed by atoms with E-state index in [4.69, 9.17) is 27.9 Å². The second-order valence-corrected chi connectivity index (χ2v) is 5.00. The molecule has 0 aliphatic heterocycles. The van der Waals surface area contributed by atoms with E-state index in [1.807, 2.05) is 0 Å². The van der Waals surface area contributed by atoms with Crippen LogP contribution < -0.4 is 4.74 Å². The van der Waals surface area contributed by atoms with E-state index in [0.29, 0.717) is 23.4 Å². The van der Waals surface area contributed by atoms with Crippen molar-refractivity contribution in [3.05, 3.63) is 22.8 Å². The molecule has 0 radical (unpaired) electrons. The summed E-state index contributed by atoms with van der Waals surface area (Å²) in [6.45, 7) is 1.51. The average Bonchev–Trinajstić information content (AvgIpc) is 3.15. The second-order valence-electron chi connectivity index (χ2n) is 4.32. The zero-order chi connectivity index (χ0) is 12.3. The number of aromatic nitrogens is 1. The predicted molar refractivity (Wildman–Crippen MR) is 70.0 cm³/mol. The zero-order valence-corrected chi connectivity index (χ0v) is 11.3. The van der Waals surface area contributed by atoms with Gasteiger partial charge in [0, 0.05) is 24.7 Å². The maximum atomic E-state index is 6.04. The van der Waals surface area contributed by atoms with Crippen LogP contribution in [0.1, 0.15) is 18.4 Å². The lowest BCUT2D eigenvalue weighted by molar-refractivity contribution is 0.226. The first-order valence-electron chi connectivity index (χ1n) is 5.74. The minimum absolute atomic E-state index is 0.414. The molecule has 1 aliphatic rings. The minimum atomic E-state index is 0.414. The Morgan fingerprint density at radius 1 is 1.53 bits per heavy atom. The van der Waals surface area contributed by atoms with Crippen molar-refractivity contribution in [2.45, 2.75) is 24.8 Å². The van der Waals surface area contributed by atoms with Gasteiger partial charge in [-0.3, -0.25) is 0 Å². The van der Waals surface area contributed by atoms with E-state index in [2.05, 4.69) is 16.9 Å². The van der Waals surface area contributed by atoms with Crippen LogP contribution >= 0.6 is 23.2 Å². The Bertz CT molecular complexity index is 383. The van der Waals surface area contributed by atoms with Gasteiger partial charge in [0.15, 0.2) is 0 Å². The van der Waals surface area contributed by atoms with E-state index in [-0.39, 0.29) is 0 Å². The lowest BCUT2D eigenvalue weighted by Gasteiger charge is -2.15. The standard InChI is InChI=1S/C12H16Cl2N2O/c1-16(10-2-3-10)4-5-17-12-11(14)6-9(7-13)8-15-12/h6,8,10H,2-5,7H2,1H3. The number of rotatable bonds is 6. The highest BCUT2D eigenvalue weighted by atomic mass is 35.5. The van der Waals surface area contributed by atoms with Gasteiger partial charge < -0.3 is 9.64 Å². The molecule has 3 nitrogen and oxygen atoms in total. The van der Waals surface area contributed by atoms with Gasteiger partial charge in [0.05, 0.1) is 0 Å². The van der Waals surface area contributed by atoms with Gasteiger partial charge in [0.1, 0.15) is 11.6 Å². The van der Waals surface area contributed by atoms with E-state index < -0.39 is 0 Å². The monoisotopic (exact) mass is 274 g/mol. The molecule has 1 fully saturated rings. The molecule has 0 N–H and O–H groups in total. The molecule has 5 heteroatoms. The summed E-state index contributed by atoms with van der Waals surface area (Å²) >= 11 is 11.7. The molecule has 0 unspecified atom stereocenters. The number of nitrogens with zero attached hydrogens (tertiary/aromatic N) is 2. The summed E-state index contributed by atoms with van der Waals surface area (Å²) in [5.74, 6) is 0.905. The quantitative estimate of drug-likeness (QED) is 0.746. The van der Waals surface area contributed by atoms with Crippen molar-refractivity contribution in [3.63, 3.8) is 0 Å². The molecular formula is C12H16Cl2N2O. The second kappa shape index (κ2) is 5.89.